The fraction of sp³-hybridized carbons (Fsp3) is 0.423. The zero-order valence-electron chi connectivity index (χ0n) is 18.5. The Hall–Kier alpha value is -2.95. The highest BCUT2D eigenvalue weighted by Crippen LogP contribution is 2.44. The summed E-state index contributed by atoms with van der Waals surface area (Å²) in [6, 6.07) is 17.8. The molecule has 2 aromatic carbocycles. The first kappa shape index (κ1) is 21.3. The van der Waals surface area contributed by atoms with Gasteiger partial charge in [0.2, 0.25) is 17.7 Å². The average molecular weight is 419 g/mol. The molecule has 162 valence electrons. The molecule has 0 N–H and O–H groups in total. The molecule has 1 atom stereocenters. The summed E-state index contributed by atoms with van der Waals surface area (Å²) in [5.74, 6) is -0.128. The van der Waals surface area contributed by atoms with Crippen LogP contribution >= 0.6 is 0 Å². The summed E-state index contributed by atoms with van der Waals surface area (Å²) < 4.78 is 0. The highest BCUT2D eigenvalue weighted by molar-refractivity contribution is 6.11. The molecule has 1 aliphatic carbocycles. The SMILES string of the molecule is CC(C)CN(C)C(=O)C[C@]1(c2ccc(-c3ccccc3)cc2)CC(=O)N(C2CC2)C1=O. The molecule has 0 unspecified atom stereocenters. The van der Waals surface area contributed by atoms with Crippen LogP contribution in [0.1, 0.15) is 45.1 Å². The van der Waals surface area contributed by atoms with Gasteiger partial charge in [0.15, 0.2) is 0 Å². The smallest absolute Gasteiger partial charge is 0.241 e. The number of likely N-dealkylation sites (tertiary alicyclic amines) is 1. The van der Waals surface area contributed by atoms with E-state index in [2.05, 4.69) is 13.8 Å². The molecule has 0 bridgehead atoms. The molecule has 1 heterocycles. The lowest BCUT2D eigenvalue weighted by atomic mass is 9.75. The molecule has 1 aliphatic heterocycles. The molecule has 31 heavy (non-hydrogen) atoms. The summed E-state index contributed by atoms with van der Waals surface area (Å²) >= 11 is 0. The van der Waals surface area contributed by atoms with Crippen molar-refractivity contribution in [2.75, 3.05) is 13.6 Å². The number of carbonyl (C=O) groups is 3. The summed E-state index contributed by atoms with van der Waals surface area (Å²) in [7, 11) is 1.77. The van der Waals surface area contributed by atoms with Crippen LogP contribution in [0.25, 0.3) is 11.1 Å². The summed E-state index contributed by atoms with van der Waals surface area (Å²) in [5.41, 5.74) is 1.76. The minimum Gasteiger partial charge on any atom is -0.345 e. The third-order valence-electron chi connectivity index (χ3n) is 6.32. The van der Waals surface area contributed by atoms with Crippen molar-refractivity contribution in [1.29, 1.82) is 0 Å². The van der Waals surface area contributed by atoms with Crippen molar-refractivity contribution in [3.05, 3.63) is 60.2 Å². The van der Waals surface area contributed by atoms with Gasteiger partial charge in [0, 0.05) is 32.5 Å². The zero-order valence-corrected chi connectivity index (χ0v) is 18.5. The molecule has 1 saturated carbocycles. The van der Waals surface area contributed by atoms with Gasteiger partial charge in [-0.2, -0.15) is 0 Å². The normalized spacial score (nSPS) is 21.1. The number of carbonyl (C=O) groups excluding carboxylic acids is 3. The predicted octanol–water partition coefficient (Wildman–Crippen LogP) is 4.02. The molecule has 4 rings (SSSR count). The Balaban J connectivity index is 1.68. The van der Waals surface area contributed by atoms with Crippen molar-refractivity contribution >= 4 is 17.7 Å². The Morgan fingerprint density at radius 2 is 1.65 bits per heavy atom. The van der Waals surface area contributed by atoms with Gasteiger partial charge in [-0.3, -0.25) is 19.3 Å². The lowest BCUT2D eigenvalue weighted by Crippen LogP contribution is -2.43. The maximum absolute atomic E-state index is 13.6. The summed E-state index contributed by atoms with van der Waals surface area (Å²) in [5, 5.41) is 0. The van der Waals surface area contributed by atoms with Crippen molar-refractivity contribution in [2.45, 2.75) is 51.0 Å². The van der Waals surface area contributed by atoms with Gasteiger partial charge in [0.25, 0.3) is 0 Å². The van der Waals surface area contributed by atoms with Crippen LogP contribution in [0.2, 0.25) is 0 Å². The highest BCUT2D eigenvalue weighted by Gasteiger charge is 2.57. The minimum atomic E-state index is -1.11. The van der Waals surface area contributed by atoms with Gasteiger partial charge in [-0.15, -0.1) is 0 Å². The molecule has 0 aromatic heterocycles. The molecule has 3 amide bonds. The standard InChI is InChI=1S/C26H30N2O3/c1-18(2)17-27(3)23(29)15-26(16-24(30)28(25(26)31)22-13-14-22)21-11-9-20(10-12-21)19-7-5-4-6-8-19/h4-12,18,22H,13-17H2,1-3H3/t26-/m1/s1. The molecular weight excluding hydrogens is 388 g/mol. The monoisotopic (exact) mass is 418 g/mol. The van der Waals surface area contributed by atoms with Crippen LogP contribution in [0.5, 0.6) is 0 Å². The number of nitrogens with zero attached hydrogens (tertiary/aromatic N) is 2. The lowest BCUT2D eigenvalue weighted by molar-refractivity contribution is -0.143. The molecule has 2 aliphatic rings. The van der Waals surface area contributed by atoms with E-state index in [-0.39, 0.29) is 36.6 Å². The van der Waals surface area contributed by atoms with Crippen LogP contribution in [-0.4, -0.2) is 47.2 Å². The molecule has 2 aromatic rings. The van der Waals surface area contributed by atoms with Crippen LogP contribution < -0.4 is 0 Å². The topological polar surface area (TPSA) is 57.7 Å². The number of hydrogen-bond acceptors (Lipinski definition) is 3. The van der Waals surface area contributed by atoms with E-state index >= 15 is 0 Å². The van der Waals surface area contributed by atoms with E-state index < -0.39 is 5.41 Å². The van der Waals surface area contributed by atoms with Crippen molar-refractivity contribution < 1.29 is 14.4 Å². The second kappa shape index (κ2) is 8.29. The average Bonchev–Trinajstić information content (AvgIpc) is 3.54. The number of amides is 3. The fourth-order valence-electron chi connectivity index (χ4n) is 4.59. The van der Waals surface area contributed by atoms with Crippen molar-refractivity contribution in [3.8, 4) is 11.1 Å². The van der Waals surface area contributed by atoms with E-state index in [1.165, 1.54) is 4.90 Å². The van der Waals surface area contributed by atoms with E-state index in [1.54, 1.807) is 11.9 Å². The van der Waals surface area contributed by atoms with Gasteiger partial charge in [-0.25, -0.2) is 0 Å². The van der Waals surface area contributed by atoms with Gasteiger partial charge in [0.1, 0.15) is 0 Å². The van der Waals surface area contributed by atoms with Gasteiger partial charge in [-0.05, 0) is 35.4 Å². The van der Waals surface area contributed by atoms with E-state index in [4.69, 9.17) is 0 Å². The number of hydrogen-bond donors (Lipinski definition) is 0. The van der Waals surface area contributed by atoms with Crippen molar-refractivity contribution in [2.24, 2.45) is 5.92 Å². The number of imide groups is 1. The second-order valence-electron chi connectivity index (χ2n) is 9.35. The molecular formula is C26H30N2O3. The maximum atomic E-state index is 13.6. The number of benzene rings is 2. The van der Waals surface area contributed by atoms with E-state index in [0.29, 0.717) is 12.5 Å². The van der Waals surface area contributed by atoms with E-state index in [0.717, 1.165) is 29.5 Å². The third-order valence-corrected chi connectivity index (χ3v) is 6.32. The van der Waals surface area contributed by atoms with Gasteiger partial charge in [0.05, 0.1) is 5.41 Å². The Morgan fingerprint density at radius 3 is 2.23 bits per heavy atom. The van der Waals surface area contributed by atoms with Crippen molar-refractivity contribution in [1.82, 2.24) is 9.80 Å². The first-order valence-electron chi connectivity index (χ1n) is 11.1. The molecule has 1 saturated heterocycles. The van der Waals surface area contributed by atoms with Crippen LogP contribution in [-0.2, 0) is 19.8 Å². The molecule has 5 heteroatoms. The van der Waals surface area contributed by atoms with Crippen LogP contribution in [0.3, 0.4) is 0 Å². The summed E-state index contributed by atoms with van der Waals surface area (Å²) in [6.45, 7) is 4.73. The largest absolute Gasteiger partial charge is 0.345 e. The second-order valence-corrected chi connectivity index (χ2v) is 9.35. The first-order valence-corrected chi connectivity index (χ1v) is 11.1. The van der Waals surface area contributed by atoms with Gasteiger partial charge >= 0.3 is 0 Å². The number of rotatable bonds is 7. The minimum absolute atomic E-state index is 0.00830. The van der Waals surface area contributed by atoms with Gasteiger partial charge in [-0.1, -0.05) is 68.4 Å². The highest BCUT2D eigenvalue weighted by atomic mass is 16.2. The Morgan fingerprint density at radius 1 is 1.03 bits per heavy atom. The molecule has 0 radical (unpaired) electrons. The molecule has 0 spiro atoms. The van der Waals surface area contributed by atoms with Crippen LogP contribution in [0, 0.1) is 5.92 Å². The predicted molar refractivity (Wildman–Crippen MR) is 120 cm³/mol. The zero-order chi connectivity index (χ0) is 22.2. The Labute approximate surface area is 184 Å². The summed E-state index contributed by atoms with van der Waals surface area (Å²) in [4.78, 5) is 42.6. The van der Waals surface area contributed by atoms with Gasteiger partial charge < -0.3 is 4.90 Å². The molecule has 5 nitrogen and oxygen atoms in total. The Kier molecular flexibility index (Phi) is 5.69. The first-order chi connectivity index (χ1) is 14.8. The third kappa shape index (κ3) is 4.14. The van der Waals surface area contributed by atoms with Crippen molar-refractivity contribution in [3.63, 3.8) is 0 Å². The van der Waals surface area contributed by atoms with E-state index in [9.17, 15) is 14.4 Å². The molecule has 2 fully saturated rings. The Bertz CT molecular complexity index is 979. The van der Waals surface area contributed by atoms with Crippen LogP contribution in [0.15, 0.2) is 54.6 Å². The lowest BCUT2D eigenvalue weighted by Gasteiger charge is -2.30. The fourth-order valence-corrected chi connectivity index (χ4v) is 4.59. The summed E-state index contributed by atoms with van der Waals surface area (Å²) in [6.07, 6.45) is 1.81. The van der Waals surface area contributed by atoms with E-state index in [1.807, 2.05) is 54.6 Å². The maximum Gasteiger partial charge on any atom is 0.241 e. The van der Waals surface area contributed by atoms with Crippen LogP contribution in [0.4, 0.5) is 0 Å². The quantitative estimate of drug-likeness (QED) is 0.638.